The van der Waals surface area contributed by atoms with Crippen LogP contribution in [0.4, 0.5) is 0 Å². The van der Waals surface area contributed by atoms with E-state index in [-0.39, 0.29) is 11.8 Å². The normalized spacial score (nSPS) is 14.4. The Morgan fingerprint density at radius 1 is 1.27 bits per heavy atom. The van der Waals surface area contributed by atoms with Crippen LogP contribution in [0.3, 0.4) is 0 Å². The molecule has 4 nitrogen and oxygen atoms in total. The number of hydrogen-bond donors (Lipinski definition) is 0. The molecule has 1 heterocycles. The first-order valence-corrected chi connectivity index (χ1v) is 4.74. The van der Waals surface area contributed by atoms with E-state index >= 15 is 0 Å². The first-order valence-electron chi connectivity index (χ1n) is 4.74. The molecule has 2 rings (SSSR count). The molecule has 0 aromatic heterocycles. The number of carbonyl (C=O) groups excluding carboxylic acids is 2. The number of rotatable bonds is 2. The SMILES string of the molecule is CCN1C(=O)c2cccc(OC)c2C1=O. The Hall–Kier alpha value is -1.84. The summed E-state index contributed by atoms with van der Waals surface area (Å²) in [5, 5.41) is 0. The van der Waals surface area contributed by atoms with Crippen LogP contribution in [0.2, 0.25) is 0 Å². The third kappa shape index (κ3) is 1.21. The molecule has 0 radical (unpaired) electrons. The van der Waals surface area contributed by atoms with E-state index in [1.54, 1.807) is 25.1 Å². The summed E-state index contributed by atoms with van der Waals surface area (Å²) in [5.74, 6) is -0.0480. The summed E-state index contributed by atoms with van der Waals surface area (Å²) in [6.45, 7) is 2.16. The number of hydrogen-bond acceptors (Lipinski definition) is 3. The molecule has 1 aliphatic rings. The average molecular weight is 205 g/mol. The van der Waals surface area contributed by atoms with Crippen molar-refractivity contribution in [3.8, 4) is 5.75 Å². The highest BCUT2D eigenvalue weighted by atomic mass is 16.5. The lowest BCUT2D eigenvalue weighted by atomic mass is 10.1. The second-order valence-corrected chi connectivity index (χ2v) is 3.24. The summed E-state index contributed by atoms with van der Waals surface area (Å²) in [7, 11) is 1.49. The summed E-state index contributed by atoms with van der Waals surface area (Å²) in [6, 6.07) is 5.04. The Kier molecular flexibility index (Phi) is 2.19. The highest BCUT2D eigenvalue weighted by molar-refractivity contribution is 6.22. The summed E-state index contributed by atoms with van der Waals surface area (Å²) < 4.78 is 5.07. The van der Waals surface area contributed by atoms with Gasteiger partial charge in [0.2, 0.25) is 0 Å². The zero-order chi connectivity index (χ0) is 11.0. The molecule has 4 heteroatoms. The van der Waals surface area contributed by atoms with Gasteiger partial charge in [-0.25, -0.2) is 0 Å². The number of fused-ring (bicyclic) bond motifs is 1. The minimum atomic E-state index is -0.269. The number of carbonyl (C=O) groups is 2. The largest absolute Gasteiger partial charge is 0.496 e. The molecule has 0 N–H and O–H groups in total. The fourth-order valence-corrected chi connectivity index (χ4v) is 1.76. The van der Waals surface area contributed by atoms with Crippen LogP contribution in [0, 0.1) is 0 Å². The molecule has 0 saturated carbocycles. The molecule has 15 heavy (non-hydrogen) atoms. The van der Waals surface area contributed by atoms with Gasteiger partial charge in [-0.15, -0.1) is 0 Å². The van der Waals surface area contributed by atoms with Crippen molar-refractivity contribution in [3.05, 3.63) is 29.3 Å². The predicted octanol–water partition coefficient (Wildman–Crippen LogP) is 1.31. The maximum absolute atomic E-state index is 11.8. The van der Waals surface area contributed by atoms with Crippen LogP contribution in [0.1, 0.15) is 27.6 Å². The van der Waals surface area contributed by atoms with Crippen LogP contribution in [-0.4, -0.2) is 30.4 Å². The maximum Gasteiger partial charge on any atom is 0.265 e. The number of benzene rings is 1. The molecule has 1 aliphatic heterocycles. The van der Waals surface area contributed by atoms with E-state index in [1.165, 1.54) is 12.0 Å². The van der Waals surface area contributed by atoms with Crippen molar-refractivity contribution >= 4 is 11.8 Å². The Bertz CT molecular complexity index is 439. The topological polar surface area (TPSA) is 46.6 Å². The van der Waals surface area contributed by atoms with Gasteiger partial charge in [0.1, 0.15) is 5.75 Å². The van der Waals surface area contributed by atoms with Gasteiger partial charge in [0.25, 0.3) is 11.8 Å². The number of methoxy groups -OCH3 is 1. The van der Waals surface area contributed by atoms with Crippen LogP contribution < -0.4 is 4.74 Å². The smallest absolute Gasteiger partial charge is 0.265 e. The van der Waals surface area contributed by atoms with E-state index in [2.05, 4.69) is 0 Å². The molecule has 0 spiro atoms. The zero-order valence-electron chi connectivity index (χ0n) is 8.61. The average Bonchev–Trinajstić information content (AvgIpc) is 2.51. The standard InChI is InChI=1S/C11H11NO3/c1-3-12-10(13)7-5-4-6-8(15-2)9(7)11(12)14/h4-6H,3H2,1-2H3. The van der Waals surface area contributed by atoms with E-state index in [9.17, 15) is 9.59 Å². The van der Waals surface area contributed by atoms with Gasteiger partial charge in [-0.1, -0.05) is 6.07 Å². The third-order valence-electron chi connectivity index (χ3n) is 2.50. The van der Waals surface area contributed by atoms with Gasteiger partial charge in [-0.2, -0.15) is 0 Å². The second-order valence-electron chi connectivity index (χ2n) is 3.24. The lowest BCUT2D eigenvalue weighted by molar-refractivity contribution is 0.0662. The summed E-state index contributed by atoms with van der Waals surface area (Å²) in [5.41, 5.74) is 0.813. The van der Waals surface area contributed by atoms with Crippen LogP contribution in [-0.2, 0) is 0 Å². The highest BCUT2D eigenvalue weighted by Crippen LogP contribution is 2.30. The van der Waals surface area contributed by atoms with Gasteiger partial charge in [0, 0.05) is 6.54 Å². The fraction of sp³-hybridized carbons (Fsp3) is 0.273. The van der Waals surface area contributed by atoms with Crippen LogP contribution in [0.25, 0.3) is 0 Å². The van der Waals surface area contributed by atoms with Gasteiger partial charge in [-0.05, 0) is 19.1 Å². The zero-order valence-corrected chi connectivity index (χ0v) is 8.61. The van der Waals surface area contributed by atoms with Crippen LogP contribution in [0.15, 0.2) is 18.2 Å². The van der Waals surface area contributed by atoms with Crippen molar-refractivity contribution < 1.29 is 14.3 Å². The molecule has 0 fully saturated rings. The molecular formula is C11H11NO3. The van der Waals surface area contributed by atoms with Crippen molar-refractivity contribution in [1.82, 2.24) is 4.90 Å². The Balaban J connectivity index is 2.62. The van der Waals surface area contributed by atoms with Gasteiger partial charge in [-0.3, -0.25) is 14.5 Å². The monoisotopic (exact) mass is 205 g/mol. The molecular weight excluding hydrogens is 194 g/mol. The molecule has 2 amide bonds. The lowest BCUT2D eigenvalue weighted by Gasteiger charge is -2.09. The number of nitrogens with zero attached hydrogens (tertiary/aromatic N) is 1. The highest BCUT2D eigenvalue weighted by Gasteiger charge is 2.36. The Morgan fingerprint density at radius 3 is 2.60 bits per heavy atom. The molecule has 0 atom stereocenters. The molecule has 0 saturated heterocycles. The van der Waals surface area contributed by atoms with Crippen LogP contribution >= 0.6 is 0 Å². The molecule has 0 bridgehead atoms. The van der Waals surface area contributed by atoms with Gasteiger partial charge in [0.15, 0.2) is 0 Å². The molecule has 78 valence electrons. The van der Waals surface area contributed by atoms with E-state index in [0.29, 0.717) is 23.4 Å². The molecule has 1 aromatic rings. The number of ether oxygens (including phenoxy) is 1. The van der Waals surface area contributed by atoms with E-state index < -0.39 is 0 Å². The van der Waals surface area contributed by atoms with E-state index in [1.807, 2.05) is 0 Å². The predicted molar refractivity (Wildman–Crippen MR) is 54.0 cm³/mol. The first-order chi connectivity index (χ1) is 7.20. The molecule has 1 aromatic carbocycles. The Morgan fingerprint density at radius 2 is 2.00 bits per heavy atom. The van der Waals surface area contributed by atoms with Crippen molar-refractivity contribution in [1.29, 1.82) is 0 Å². The lowest BCUT2D eigenvalue weighted by Crippen LogP contribution is -2.29. The van der Waals surface area contributed by atoms with Crippen molar-refractivity contribution in [2.24, 2.45) is 0 Å². The quantitative estimate of drug-likeness (QED) is 0.684. The van der Waals surface area contributed by atoms with E-state index in [4.69, 9.17) is 4.74 Å². The van der Waals surface area contributed by atoms with Gasteiger partial charge in [0.05, 0.1) is 18.2 Å². The minimum absolute atomic E-state index is 0.239. The molecule has 0 unspecified atom stereocenters. The molecule has 0 aliphatic carbocycles. The van der Waals surface area contributed by atoms with Crippen molar-refractivity contribution in [3.63, 3.8) is 0 Å². The third-order valence-corrected chi connectivity index (χ3v) is 2.50. The van der Waals surface area contributed by atoms with E-state index in [0.717, 1.165) is 0 Å². The van der Waals surface area contributed by atoms with Crippen molar-refractivity contribution in [2.45, 2.75) is 6.92 Å². The minimum Gasteiger partial charge on any atom is -0.496 e. The first kappa shape index (κ1) is 9.71. The summed E-state index contributed by atoms with van der Waals surface area (Å²) >= 11 is 0. The Labute approximate surface area is 87.4 Å². The summed E-state index contributed by atoms with van der Waals surface area (Å²) in [4.78, 5) is 24.8. The number of amides is 2. The van der Waals surface area contributed by atoms with Gasteiger partial charge >= 0.3 is 0 Å². The summed E-state index contributed by atoms with van der Waals surface area (Å²) in [6.07, 6.45) is 0. The van der Waals surface area contributed by atoms with Gasteiger partial charge < -0.3 is 4.74 Å². The second kappa shape index (κ2) is 3.38. The fourth-order valence-electron chi connectivity index (χ4n) is 1.76. The van der Waals surface area contributed by atoms with Crippen LogP contribution in [0.5, 0.6) is 5.75 Å². The number of imide groups is 1. The van der Waals surface area contributed by atoms with Crippen molar-refractivity contribution in [2.75, 3.05) is 13.7 Å². The maximum atomic E-state index is 11.8.